The highest BCUT2D eigenvalue weighted by atomic mass is 15.2. The lowest BCUT2D eigenvalue weighted by atomic mass is 9.33. The first-order valence-corrected chi connectivity index (χ1v) is 20.6. The molecule has 1 aliphatic carbocycles. The highest BCUT2D eigenvalue weighted by molar-refractivity contribution is 7.00. The summed E-state index contributed by atoms with van der Waals surface area (Å²) < 4.78 is 0. The van der Waals surface area contributed by atoms with Crippen LogP contribution < -0.4 is 36.0 Å². The second kappa shape index (κ2) is 13.6. The van der Waals surface area contributed by atoms with Gasteiger partial charge in [-0.15, -0.1) is 0 Å². The Kier molecular flexibility index (Phi) is 7.73. The number of hydrogen-bond acceptors (Lipinski definition) is 4. The zero-order valence-corrected chi connectivity index (χ0v) is 32.4. The summed E-state index contributed by atoms with van der Waals surface area (Å²) in [5, 5.41) is 0. The maximum Gasteiger partial charge on any atom is 0.252 e. The van der Waals surface area contributed by atoms with E-state index in [9.17, 15) is 0 Å². The smallest absolute Gasteiger partial charge is 0.252 e. The van der Waals surface area contributed by atoms with Crippen molar-refractivity contribution in [2.75, 3.05) is 19.6 Å². The molecule has 0 fully saturated rings. The van der Waals surface area contributed by atoms with Gasteiger partial charge in [-0.3, -0.25) is 0 Å². The topological polar surface area (TPSA) is 13.0 Å². The fourth-order valence-electron chi connectivity index (χ4n) is 10.1. The van der Waals surface area contributed by atoms with Gasteiger partial charge in [-0.05, 0) is 113 Å². The summed E-state index contributed by atoms with van der Waals surface area (Å²) >= 11 is 0. The average Bonchev–Trinajstić information content (AvgIpc) is 3.63. The Labute approximate surface area is 345 Å². The SMILES string of the molecule is C1=CC2c3cc4c(cc3N(c3ccccc3)C2C=C1)N(c1ccccc1)c1cccc2c1B4c1ccc(N(c3ccccc3)c3ccccc3)cc1N2c1ccccc1. The van der Waals surface area contributed by atoms with Crippen LogP contribution in [0.15, 0.2) is 224 Å². The summed E-state index contributed by atoms with van der Waals surface area (Å²) in [5.74, 6) is 0.235. The van der Waals surface area contributed by atoms with Crippen LogP contribution in [0.2, 0.25) is 0 Å². The monoisotopic (exact) mass is 754 g/mol. The molecule has 59 heavy (non-hydrogen) atoms. The Bertz CT molecular complexity index is 2880. The van der Waals surface area contributed by atoms with Gasteiger partial charge < -0.3 is 19.6 Å². The van der Waals surface area contributed by atoms with E-state index in [1.807, 2.05) is 0 Å². The minimum absolute atomic E-state index is 0.000266. The predicted octanol–water partition coefficient (Wildman–Crippen LogP) is 12.0. The van der Waals surface area contributed by atoms with Crippen LogP contribution in [0.1, 0.15) is 11.5 Å². The maximum atomic E-state index is 2.56. The van der Waals surface area contributed by atoms with E-state index < -0.39 is 0 Å². The molecule has 2 unspecified atom stereocenters. The molecule has 0 spiro atoms. The second-order valence-corrected chi connectivity index (χ2v) is 15.7. The summed E-state index contributed by atoms with van der Waals surface area (Å²) in [5.41, 5.74) is 18.2. The van der Waals surface area contributed by atoms with Crippen LogP contribution in [0.5, 0.6) is 0 Å². The highest BCUT2D eigenvalue weighted by Gasteiger charge is 2.46. The van der Waals surface area contributed by atoms with E-state index in [1.165, 1.54) is 56.1 Å². The number of fused-ring (bicyclic) bond motifs is 7. The molecule has 0 bridgehead atoms. The molecular formula is C54H39BN4. The number of benzene rings is 8. The van der Waals surface area contributed by atoms with Crippen molar-refractivity contribution in [1.29, 1.82) is 0 Å². The number of rotatable bonds is 6. The molecule has 4 aliphatic rings. The van der Waals surface area contributed by atoms with Gasteiger partial charge in [0, 0.05) is 68.5 Å². The summed E-state index contributed by atoms with van der Waals surface area (Å²) in [4.78, 5) is 9.92. The minimum Gasteiger partial charge on any atom is -0.333 e. The van der Waals surface area contributed by atoms with Crippen molar-refractivity contribution in [3.8, 4) is 0 Å². The van der Waals surface area contributed by atoms with Gasteiger partial charge in [0.05, 0.1) is 6.04 Å². The van der Waals surface area contributed by atoms with Crippen molar-refractivity contribution in [2.24, 2.45) is 0 Å². The molecular weight excluding hydrogens is 715 g/mol. The summed E-state index contributed by atoms with van der Waals surface area (Å²) in [6, 6.07) is 73.4. The van der Waals surface area contributed by atoms with Gasteiger partial charge in [0.15, 0.2) is 0 Å². The fraction of sp³-hybridized carbons (Fsp3) is 0.0370. The van der Waals surface area contributed by atoms with Crippen LogP contribution in [0.4, 0.5) is 62.6 Å². The highest BCUT2D eigenvalue weighted by Crippen LogP contribution is 2.52. The first kappa shape index (κ1) is 33.6. The van der Waals surface area contributed by atoms with E-state index in [-0.39, 0.29) is 18.7 Å². The molecule has 0 saturated carbocycles. The van der Waals surface area contributed by atoms with Crippen LogP contribution in [-0.4, -0.2) is 12.8 Å². The van der Waals surface area contributed by atoms with Gasteiger partial charge in [-0.25, -0.2) is 0 Å². The molecule has 3 aliphatic heterocycles. The molecule has 12 rings (SSSR count). The Morgan fingerprint density at radius 1 is 0.390 bits per heavy atom. The lowest BCUT2D eigenvalue weighted by Gasteiger charge is -2.44. The lowest BCUT2D eigenvalue weighted by Crippen LogP contribution is -2.61. The molecule has 278 valence electrons. The van der Waals surface area contributed by atoms with Crippen molar-refractivity contribution < 1.29 is 0 Å². The first-order valence-electron chi connectivity index (χ1n) is 20.6. The number of allylic oxidation sites excluding steroid dienone is 2. The Balaban J connectivity index is 1.14. The van der Waals surface area contributed by atoms with Crippen LogP contribution in [-0.2, 0) is 0 Å². The molecule has 5 heteroatoms. The molecule has 4 nitrogen and oxygen atoms in total. The molecule has 0 saturated heterocycles. The Hall–Kier alpha value is -7.50. The van der Waals surface area contributed by atoms with E-state index in [2.05, 4.69) is 244 Å². The van der Waals surface area contributed by atoms with E-state index in [4.69, 9.17) is 0 Å². The van der Waals surface area contributed by atoms with E-state index in [0.29, 0.717) is 0 Å². The third-order valence-corrected chi connectivity index (χ3v) is 12.5. The standard InChI is InChI=1S/C54H39BN4/c1-6-19-38(20-7-1)56(39-21-8-2-9-22-39)43-33-34-46-52(35-43)58(41-25-12-4-13-26-41)49-31-18-32-50-54(49)55(46)47-36-45-44-29-16-17-30-48(44)57(40-23-10-3-11-24-40)51(45)37-53(47)59(50)42-27-14-5-15-28-42/h1-37,44,48H. The van der Waals surface area contributed by atoms with Crippen molar-refractivity contribution in [2.45, 2.75) is 12.0 Å². The lowest BCUT2D eigenvalue weighted by molar-refractivity contribution is 0.745. The zero-order chi connectivity index (χ0) is 38.9. The van der Waals surface area contributed by atoms with Gasteiger partial charge in [0.2, 0.25) is 0 Å². The third-order valence-electron chi connectivity index (χ3n) is 12.5. The van der Waals surface area contributed by atoms with Gasteiger partial charge in [-0.2, -0.15) is 0 Å². The van der Waals surface area contributed by atoms with Crippen LogP contribution in [0, 0.1) is 0 Å². The van der Waals surface area contributed by atoms with Gasteiger partial charge >= 0.3 is 0 Å². The van der Waals surface area contributed by atoms with Crippen LogP contribution in [0.3, 0.4) is 0 Å². The van der Waals surface area contributed by atoms with E-state index in [0.717, 1.165) is 28.4 Å². The van der Waals surface area contributed by atoms with Crippen LogP contribution in [0.25, 0.3) is 0 Å². The normalized spacial score (nSPS) is 16.5. The predicted molar refractivity (Wildman–Crippen MR) is 249 cm³/mol. The van der Waals surface area contributed by atoms with Crippen molar-refractivity contribution >= 4 is 85.7 Å². The molecule has 8 aromatic carbocycles. The summed E-state index contributed by atoms with van der Waals surface area (Å²) in [6.07, 6.45) is 9.21. The van der Waals surface area contributed by atoms with E-state index >= 15 is 0 Å². The minimum atomic E-state index is -0.000266. The van der Waals surface area contributed by atoms with E-state index in [1.54, 1.807) is 0 Å². The summed E-state index contributed by atoms with van der Waals surface area (Å²) in [7, 11) is 0. The molecule has 0 radical (unpaired) electrons. The second-order valence-electron chi connectivity index (χ2n) is 15.7. The molecule has 3 heterocycles. The van der Waals surface area contributed by atoms with Crippen LogP contribution >= 0.6 is 0 Å². The first-order chi connectivity index (χ1) is 29.3. The largest absolute Gasteiger partial charge is 0.333 e. The molecule has 8 aromatic rings. The number of nitrogens with zero attached hydrogens (tertiary/aromatic N) is 4. The van der Waals surface area contributed by atoms with Crippen molar-refractivity contribution in [3.63, 3.8) is 0 Å². The molecule has 2 atom stereocenters. The van der Waals surface area contributed by atoms with Crippen molar-refractivity contribution in [3.05, 3.63) is 230 Å². The Morgan fingerprint density at radius 3 is 1.51 bits per heavy atom. The molecule has 0 aromatic heterocycles. The fourth-order valence-corrected chi connectivity index (χ4v) is 10.1. The summed E-state index contributed by atoms with van der Waals surface area (Å²) in [6.45, 7) is -0.000266. The van der Waals surface area contributed by atoms with Gasteiger partial charge in [-0.1, -0.05) is 133 Å². The maximum absolute atomic E-state index is 2.56. The number of anilines is 11. The number of hydrogen-bond donors (Lipinski definition) is 0. The van der Waals surface area contributed by atoms with Crippen molar-refractivity contribution in [1.82, 2.24) is 0 Å². The van der Waals surface area contributed by atoms with Gasteiger partial charge in [0.25, 0.3) is 6.71 Å². The molecule has 0 N–H and O–H groups in total. The Morgan fingerprint density at radius 2 is 0.915 bits per heavy atom. The average molecular weight is 755 g/mol. The third kappa shape index (κ3) is 5.25. The van der Waals surface area contributed by atoms with Gasteiger partial charge in [0.1, 0.15) is 0 Å². The zero-order valence-electron chi connectivity index (χ0n) is 32.4. The quantitative estimate of drug-likeness (QED) is 0.157. The molecule has 0 amide bonds. The number of para-hydroxylation sites is 5.